The van der Waals surface area contributed by atoms with E-state index in [9.17, 15) is 16.8 Å². The summed E-state index contributed by atoms with van der Waals surface area (Å²) in [7, 11) is -9.64. The van der Waals surface area contributed by atoms with Crippen LogP contribution >= 0.6 is 0 Å². The Morgan fingerprint density at radius 2 is 1.54 bits per heavy atom. The predicted molar refractivity (Wildman–Crippen MR) is 46.3 cm³/mol. The minimum Gasteiger partial charge on any atom is -0.284 e. The topological polar surface area (TPSA) is 109 Å². The first-order valence-corrected chi connectivity index (χ1v) is 6.29. The molecule has 0 aromatic heterocycles. The SMILES string of the molecule is CCC=CC(S(=O)(=O)O)S(=O)(=O)O. The molecule has 0 saturated heterocycles. The van der Waals surface area contributed by atoms with Crippen molar-refractivity contribution >= 4 is 20.2 Å². The van der Waals surface area contributed by atoms with E-state index in [2.05, 4.69) is 0 Å². The number of rotatable bonds is 4. The largest absolute Gasteiger partial charge is 0.288 e. The smallest absolute Gasteiger partial charge is 0.284 e. The molecule has 13 heavy (non-hydrogen) atoms. The van der Waals surface area contributed by atoms with Gasteiger partial charge < -0.3 is 0 Å². The summed E-state index contributed by atoms with van der Waals surface area (Å²) >= 11 is 0. The minimum absolute atomic E-state index is 0.390. The molecule has 0 aromatic rings. The van der Waals surface area contributed by atoms with Gasteiger partial charge in [-0.1, -0.05) is 19.1 Å². The van der Waals surface area contributed by atoms with Gasteiger partial charge in [-0.3, -0.25) is 9.11 Å². The molecule has 6 nitrogen and oxygen atoms in total. The molecule has 2 N–H and O–H groups in total. The van der Waals surface area contributed by atoms with Gasteiger partial charge in [0.05, 0.1) is 0 Å². The zero-order valence-electron chi connectivity index (χ0n) is 6.78. The van der Waals surface area contributed by atoms with Crippen LogP contribution in [0.25, 0.3) is 0 Å². The van der Waals surface area contributed by atoms with E-state index < -0.39 is 24.8 Å². The Hall–Kier alpha value is -0.440. The van der Waals surface area contributed by atoms with Gasteiger partial charge in [-0.05, 0) is 6.42 Å². The average Bonchev–Trinajstić information content (AvgIpc) is 1.81. The molecule has 0 aliphatic carbocycles. The molecule has 0 aromatic carbocycles. The molecule has 0 heterocycles. The van der Waals surface area contributed by atoms with Crippen LogP contribution in [-0.2, 0) is 20.2 Å². The highest BCUT2D eigenvalue weighted by atomic mass is 32.3. The van der Waals surface area contributed by atoms with Crippen LogP contribution in [0.3, 0.4) is 0 Å². The fraction of sp³-hybridized carbons (Fsp3) is 0.600. The number of hydrogen-bond donors (Lipinski definition) is 2. The monoisotopic (exact) mass is 230 g/mol. The third-order valence-corrected chi connectivity index (χ3v) is 4.06. The van der Waals surface area contributed by atoms with Crippen LogP contribution in [0.5, 0.6) is 0 Å². The van der Waals surface area contributed by atoms with Gasteiger partial charge in [0.2, 0.25) is 4.58 Å². The van der Waals surface area contributed by atoms with Gasteiger partial charge >= 0.3 is 0 Å². The van der Waals surface area contributed by atoms with Crippen molar-refractivity contribution in [1.29, 1.82) is 0 Å². The van der Waals surface area contributed by atoms with Crippen LogP contribution in [0, 0.1) is 0 Å². The molecule has 0 rings (SSSR count). The summed E-state index contributed by atoms with van der Waals surface area (Å²) in [5, 5.41) is 0. The molecule has 0 radical (unpaired) electrons. The van der Waals surface area contributed by atoms with Crippen LogP contribution < -0.4 is 0 Å². The zero-order valence-corrected chi connectivity index (χ0v) is 8.42. The summed E-state index contributed by atoms with van der Waals surface area (Å²) in [5.74, 6) is 0. The first kappa shape index (κ1) is 12.6. The molecule has 0 amide bonds. The van der Waals surface area contributed by atoms with Crippen molar-refractivity contribution in [3.63, 3.8) is 0 Å². The fourth-order valence-electron chi connectivity index (χ4n) is 0.599. The van der Waals surface area contributed by atoms with Crippen molar-refractivity contribution in [2.24, 2.45) is 0 Å². The number of hydrogen-bond acceptors (Lipinski definition) is 4. The lowest BCUT2D eigenvalue weighted by Gasteiger charge is -2.04. The highest BCUT2D eigenvalue weighted by molar-refractivity contribution is 8.04. The minimum atomic E-state index is -4.82. The second kappa shape index (κ2) is 4.18. The van der Waals surface area contributed by atoms with Gasteiger partial charge in [0.15, 0.2) is 0 Å². The van der Waals surface area contributed by atoms with Crippen molar-refractivity contribution in [2.45, 2.75) is 17.9 Å². The molecule has 78 valence electrons. The number of allylic oxidation sites excluding steroid dienone is 1. The van der Waals surface area contributed by atoms with E-state index in [0.717, 1.165) is 0 Å². The molecule has 0 unspecified atom stereocenters. The molecule has 8 heteroatoms. The molecule has 0 bridgehead atoms. The van der Waals surface area contributed by atoms with Gasteiger partial charge in [-0.15, -0.1) is 0 Å². The fourth-order valence-corrected chi connectivity index (χ4v) is 2.45. The molecule has 0 aliphatic heterocycles. The summed E-state index contributed by atoms with van der Waals surface area (Å²) in [6.45, 7) is 1.64. The first-order chi connectivity index (χ1) is 5.69. The van der Waals surface area contributed by atoms with Gasteiger partial charge in [-0.2, -0.15) is 16.8 Å². The van der Waals surface area contributed by atoms with Crippen LogP contribution in [0.2, 0.25) is 0 Å². The Balaban J connectivity index is 5.15. The van der Waals surface area contributed by atoms with E-state index in [-0.39, 0.29) is 0 Å². The molecule has 0 spiro atoms. The highest BCUT2D eigenvalue weighted by Gasteiger charge is 2.32. The second-order valence-corrected chi connectivity index (χ2v) is 5.61. The average molecular weight is 230 g/mol. The standard InChI is InChI=1S/C5H10O6S2/c1-2-3-4-5(12(6,7)8)13(9,10)11/h3-5H,2H2,1H3,(H,6,7,8)(H,9,10,11). The quantitative estimate of drug-likeness (QED) is 0.522. The highest BCUT2D eigenvalue weighted by Crippen LogP contribution is 2.08. The van der Waals surface area contributed by atoms with E-state index in [0.29, 0.717) is 12.5 Å². The van der Waals surface area contributed by atoms with Gasteiger partial charge in [0.1, 0.15) is 0 Å². The lowest BCUT2D eigenvalue weighted by Crippen LogP contribution is -2.27. The Morgan fingerprint density at radius 3 is 1.77 bits per heavy atom. The Morgan fingerprint density at radius 1 is 1.15 bits per heavy atom. The van der Waals surface area contributed by atoms with Crippen molar-refractivity contribution in [3.05, 3.63) is 12.2 Å². The van der Waals surface area contributed by atoms with E-state index in [4.69, 9.17) is 9.11 Å². The Bertz CT molecular complexity index is 343. The van der Waals surface area contributed by atoms with Crippen molar-refractivity contribution in [2.75, 3.05) is 0 Å². The zero-order chi connectivity index (χ0) is 10.7. The van der Waals surface area contributed by atoms with Crippen LogP contribution in [0.4, 0.5) is 0 Å². The maximum atomic E-state index is 10.4. The maximum Gasteiger partial charge on any atom is 0.288 e. The Kier molecular flexibility index (Phi) is 4.04. The lowest BCUT2D eigenvalue weighted by molar-refractivity contribution is 0.462. The van der Waals surface area contributed by atoms with E-state index in [1.165, 1.54) is 6.08 Å². The molecule has 0 aliphatic rings. The van der Waals surface area contributed by atoms with Gasteiger partial charge in [0, 0.05) is 0 Å². The summed E-state index contributed by atoms with van der Waals surface area (Å²) in [4.78, 5) is 0. The van der Waals surface area contributed by atoms with Gasteiger partial charge in [-0.25, -0.2) is 0 Å². The summed E-state index contributed by atoms with van der Waals surface area (Å²) in [5.41, 5.74) is 0. The lowest BCUT2D eigenvalue weighted by atomic mass is 10.4. The Labute approximate surface area is 76.8 Å². The third kappa shape index (κ3) is 4.36. The van der Waals surface area contributed by atoms with Crippen LogP contribution in [0.1, 0.15) is 13.3 Å². The van der Waals surface area contributed by atoms with Crippen molar-refractivity contribution in [3.8, 4) is 0 Å². The molecule has 0 atom stereocenters. The third-order valence-electron chi connectivity index (χ3n) is 1.12. The normalized spacial score (nSPS) is 14.2. The predicted octanol–water partition coefficient (Wildman–Crippen LogP) is 0.0543. The summed E-state index contributed by atoms with van der Waals surface area (Å²) in [6.07, 6.45) is 2.32. The molecule has 0 saturated carbocycles. The van der Waals surface area contributed by atoms with Crippen molar-refractivity contribution in [1.82, 2.24) is 0 Å². The van der Waals surface area contributed by atoms with E-state index in [1.807, 2.05) is 0 Å². The van der Waals surface area contributed by atoms with Crippen molar-refractivity contribution < 1.29 is 25.9 Å². The maximum absolute atomic E-state index is 10.4. The van der Waals surface area contributed by atoms with Crippen LogP contribution in [0.15, 0.2) is 12.2 Å². The van der Waals surface area contributed by atoms with Crippen LogP contribution in [-0.4, -0.2) is 30.5 Å². The summed E-state index contributed by atoms with van der Waals surface area (Å²) < 4.78 is 56.3. The molecule has 0 fully saturated rings. The van der Waals surface area contributed by atoms with Gasteiger partial charge in [0.25, 0.3) is 20.2 Å². The second-order valence-electron chi connectivity index (χ2n) is 2.23. The molecular weight excluding hydrogens is 220 g/mol. The van der Waals surface area contributed by atoms with E-state index >= 15 is 0 Å². The van der Waals surface area contributed by atoms with E-state index in [1.54, 1.807) is 6.92 Å². The molecular formula is C5H10O6S2. The first-order valence-electron chi connectivity index (χ1n) is 3.29. The summed E-state index contributed by atoms with van der Waals surface area (Å²) in [6, 6.07) is 0.